The summed E-state index contributed by atoms with van der Waals surface area (Å²) in [5, 5.41) is 7.73. The van der Waals surface area contributed by atoms with Crippen molar-refractivity contribution < 1.29 is 14.3 Å². The number of carbonyl (C=O) groups excluding carboxylic acids is 2. The summed E-state index contributed by atoms with van der Waals surface area (Å²) < 4.78 is 5.73. The van der Waals surface area contributed by atoms with Crippen LogP contribution in [0.25, 0.3) is 0 Å². The molecule has 1 heterocycles. The molecule has 0 radical (unpaired) electrons. The normalized spacial score (nSPS) is 11.8. The van der Waals surface area contributed by atoms with E-state index in [0.29, 0.717) is 24.4 Å². The second-order valence-electron chi connectivity index (χ2n) is 7.54. The Balaban J connectivity index is 1.69. The molecule has 6 heteroatoms. The molecule has 0 spiro atoms. The van der Waals surface area contributed by atoms with Gasteiger partial charge in [0.25, 0.3) is 5.91 Å². The highest BCUT2D eigenvalue weighted by Gasteiger charge is 2.22. The summed E-state index contributed by atoms with van der Waals surface area (Å²) in [5.41, 5.74) is 3.03. The summed E-state index contributed by atoms with van der Waals surface area (Å²) in [6.45, 7) is 4.85. The van der Waals surface area contributed by atoms with Gasteiger partial charge in [-0.05, 0) is 42.0 Å². The molecule has 2 amide bonds. The van der Waals surface area contributed by atoms with Crippen LogP contribution in [0.3, 0.4) is 0 Å². The van der Waals surface area contributed by atoms with Crippen LogP contribution < -0.4 is 10.6 Å². The minimum atomic E-state index is -0.670. The minimum absolute atomic E-state index is 0.130. The molecule has 0 saturated heterocycles. The van der Waals surface area contributed by atoms with E-state index in [9.17, 15) is 9.59 Å². The first kappa shape index (κ1) is 22.7. The third-order valence-electron chi connectivity index (χ3n) is 4.79. The Hall–Kier alpha value is -2.96. The highest BCUT2D eigenvalue weighted by atomic mass is 32.1. The van der Waals surface area contributed by atoms with Crippen molar-refractivity contribution >= 4 is 23.2 Å². The number of amides is 2. The van der Waals surface area contributed by atoms with Crippen LogP contribution in [0, 0.1) is 0 Å². The summed E-state index contributed by atoms with van der Waals surface area (Å²) >= 11 is 1.35. The topological polar surface area (TPSA) is 67.4 Å². The number of carbonyl (C=O) groups is 2. The third kappa shape index (κ3) is 7.05. The summed E-state index contributed by atoms with van der Waals surface area (Å²) in [6.07, 6.45) is 0.549. The molecule has 0 saturated carbocycles. The zero-order valence-corrected chi connectivity index (χ0v) is 18.7. The molecule has 1 aromatic heterocycles. The number of hydrogen-bond donors (Lipinski definition) is 2. The van der Waals surface area contributed by atoms with E-state index in [1.165, 1.54) is 11.3 Å². The van der Waals surface area contributed by atoms with Crippen LogP contribution in [0.15, 0.2) is 72.1 Å². The van der Waals surface area contributed by atoms with Crippen molar-refractivity contribution in [2.75, 3.05) is 0 Å². The molecule has 0 fully saturated rings. The van der Waals surface area contributed by atoms with Gasteiger partial charge >= 0.3 is 0 Å². The Morgan fingerprint density at radius 3 is 2.32 bits per heavy atom. The Morgan fingerprint density at radius 1 is 0.935 bits per heavy atom. The number of thiophene rings is 1. The van der Waals surface area contributed by atoms with E-state index in [0.717, 1.165) is 16.7 Å². The molecule has 3 rings (SSSR count). The Bertz CT molecular complexity index is 971. The van der Waals surface area contributed by atoms with E-state index < -0.39 is 6.04 Å². The van der Waals surface area contributed by atoms with Crippen molar-refractivity contribution in [3.63, 3.8) is 0 Å². The lowest BCUT2D eigenvalue weighted by atomic mass is 10.0. The molecular formula is C25H28N2O3S. The monoisotopic (exact) mass is 436 g/mol. The van der Waals surface area contributed by atoms with Crippen molar-refractivity contribution in [2.24, 2.45) is 0 Å². The molecule has 0 bridgehead atoms. The van der Waals surface area contributed by atoms with Gasteiger partial charge in [0.05, 0.1) is 17.6 Å². The third-order valence-corrected chi connectivity index (χ3v) is 5.66. The second-order valence-corrected chi connectivity index (χ2v) is 8.49. The van der Waals surface area contributed by atoms with Crippen molar-refractivity contribution in [1.29, 1.82) is 0 Å². The molecule has 1 unspecified atom stereocenters. The highest BCUT2D eigenvalue weighted by molar-refractivity contribution is 7.12. The lowest BCUT2D eigenvalue weighted by Crippen LogP contribution is -2.47. The first-order chi connectivity index (χ1) is 15.0. The smallest absolute Gasteiger partial charge is 0.262 e. The van der Waals surface area contributed by atoms with Crippen LogP contribution in [0.1, 0.15) is 40.2 Å². The van der Waals surface area contributed by atoms with E-state index in [1.54, 1.807) is 6.07 Å². The number of rotatable bonds is 10. The van der Waals surface area contributed by atoms with Gasteiger partial charge in [-0.15, -0.1) is 11.3 Å². The van der Waals surface area contributed by atoms with Crippen molar-refractivity contribution in [2.45, 2.75) is 45.6 Å². The standard InChI is InChI=1S/C25H28N2O3S/c1-18(2)30-17-21-12-7-6-11-20(21)16-26-24(28)22(15-19-9-4-3-5-10-19)27-25(29)23-13-8-14-31-23/h3-14,18,22H,15-17H2,1-2H3,(H,26,28)(H,27,29). The van der Waals surface area contributed by atoms with Gasteiger partial charge < -0.3 is 15.4 Å². The van der Waals surface area contributed by atoms with E-state index in [-0.39, 0.29) is 17.9 Å². The average Bonchev–Trinajstić information content (AvgIpc) is 3.32. The predicted octanol–water partition coefficient (Wildman–Crippen LogP) is 4.33. The fourth-order valence-electron chi connectivity index (χ4n) is 3.13. The lowest BCUT2D eigenvalue weighted by Gasteiger charge is -2.19. The molecule has 0 aliphatic heterocycles. The number of nitrogens with one attached hydrogen (secondary N) is 2. The van der Waals surface area contributed by atoms with Gasteiger partial charge in [-0.2, -0.15) is 0 Å². The van der Waals surface area contributed by atoms with Crippen LogP contribution in [0.2, 0.25) is 0 Å². The van der Waals surface area contributed by atoms with E-state index in [2.05, 4.69) is 10.6 Å². The highest BCUT2D eigenvalue weighted by Crippen LogP contribution is 2.13. The zero-order chi connectivity index (χ0) is 22.1. The van der Waals surface area contributed by atoms with E-state index in [4.69, 9.17) is 4.74 Å². The molecule has 31 heavy (non-hydrogen) atoms. The van der Waals surface area contributed by atoms with Crippen LogP contribution in [0.4, 0.5) is 0 Å². The van der Waals surface area contributed by atoms with Crippen LogP contribution in [-0.4, -0.2) is 24.0 Å². The maximum atomic E-state index is 13.0. The van der Waals surface area contributed by atoms with Crippen LogP contribution >= 0.6 is 11.3 Å². The molecule has 3 aromatic rings. The zero-order valence-electron chi connectivity index (χ0n) is 17.8. The SMILES string of the molecule is CC(C)OCc1ccccc1CNC(=O)C(Cc1ccccc1)NC(=O)c1cccs1. The fourth-order valence-corrected chi connectivity index (χ4v) is 3.76. The Kier molecular flexibility index (Phi) is 8.38. The number of hydrogen-bond acceptors (Lipinski definition) is 4. The van der Waals surface area contributed by atoms with E-state index in [1.807, 2.05) is 79.9 Å². The molecule has 2 aromatic carbocycles. The van der Waals surface area contributed by atoms with Crippen LogP contribution in [0.5, 0.6) is 0 Å². The molecule has 162 valence electrons. The molecule has 0 aliphatic carbocycles. The second kappa shape index (κ2) is 11.4. The average molecular weight is 437 g/mol. The maximum Gasteiger partial charge on any atom is 0.262 e. The predicted molar refractivity (Wildman–Crippen MR) is 124 cm³/mol. The molecule has 5 nitrogen and oxygen atoms in total. The molecular weight excluding hydrogens is 408 g/mol. The maximum absolute atomic E-state index is 13.0. The molecule has 1 atom stereocenters. The van der Waals surface area contributed by atoms with Gasteiger partial charge in [-0.25, -0.2) is 0 Å². The van der Waals surface area contributed by atoms with Gasteiger partial charge in [-0.3, -0.25) is 9.59 Å². The van der Waals surface area contributed by atoms with Crippen LogP contribution in [-0.2, 0) is 29.1 Å². The summed E-state index contributed by atoms with van der Waals surface area (Å²) in [6, 6.07) is 20.5. The van der Waals surface area contributed by atoms with E-state index >= 15 is 0 Å². The van der Waals surface area contributed by atoms with Gasteiger partial charge in [0.15, 0.2) is 0 Å². The Morgan fingerprint density at radius 2 is 1.65 bits per heavy atom. The Labute approximate surface area is 187 Å². The van der Waals surface area contributed by atoms with Gasteiger partial charge in [-0.1, -0.05) is 60.7 Å². The van der Waals surface area contributed by atoms with Gasteiger partial charge in [0, 0.05) is 13.0 Å². The number of ether oxygens (including phenoxy) is 1. The minimum Gasteiger partial charge on any atom is -0.374 e. The summed E-state index contributed by atoms with van der Waals surface area (Å²) in [7, 11) is 0. The first-order valence-corrected chi connectivity index (χ1v) is 11.2. The molecule has 0 aliphatic rings. The quantitative estimate of drug-likeness (QED) is 0.497. The molecule has 2 N–H and O–H groups in total. The number of benzene rings is 2. The van der Waals surface area contributed by atoms with Crippen molar-refractivity contribution in [3.05, 3.63) is 93.7 Å². The summed E-state index contributed by atoms with van der Waals surface area (Å²) in [4.78, 5) is 26.2. The first-order valence-electron chi connectivity index (χ1n) is 10.4. The van der Waals surface area contributed by atoms with Crippen molar-refractivity contribution in [1.82, 2.24) is 10.6 Å². The van der Waals surface area contributed by atoms with Gasteiger partial charge in [0.2, 0.25) is 5.91 Å². The fraction of sp³-hybridized carbons (Fsp3) is 0.280. The summed E-state index contributed by atoms with van der Waals surface area (Å²) in [5.74, 6) is -0.454. The lowest BCUT2D eigenvalue weighted by molar-refractivity contribution is -0.123. The van der Waals surface area contributed by atoms with Gasteiger partial charge in [0.1, 0.15) is 6.04 Å². The van der Waals surface area contributed by atoms with Crippen molar-refractivity contribution in [3.8, 4) is 0 Å². The largest absolute Gasteiger partial charge is 0.374 e.